The molecule has 120 valence electrons. The SMILES string of the molecule is Cc1ccc(-c2ccc(C(C)(C)C)cc2)c2c1CC(C(C)C)=C2. The fraction of sp³-hybridized carbons (Fsp3) is 0.391. The van der Waals surface area contributed by atoms with Crippen LogP contribution in [0.2, 0.25) is 0 Å². The molecule has 0 heterocycles. The maximum Gasteiger partial charge on any atom is -0.00524 e. The Morgan fingerprint density at radius 3 is 2.13 bits per heavy atom. The van der Waals surface area contributed by atoms with Crippen LogP contribution in [0.15, 0.2) is 42.0 Å². The van der Waals surface area contributed by atoms with Gasteiger partial charge in [0.25, 0.3) is 0 Å². The first-order valence-electron chi connectivity index (χ1n) is 8.71. The molecule has 23 heavy (non-hydrogen) atoms. The highest BCUT2D eigenvalue weighted by Crippen LogP contribution is 2.38. The second-order valence-corrected chi connectivity index (χ2v) is 8.20. The average molecular weight is 304 g/mol. The molecule has 1 aliphatic carbocycles. The number of hydrogen-bond acceptors (Lipinski definition) is 0. The van der Waals surface area contributed by atoms with E-state index in [4.69, 9.17) is 0 Å². The predicted octanol–water partition coefficient (Wildman–Crippen LogP) is 6.56. The van der Waals surface area contributed by atoms with Gasteiger partial charge in [0.05, 0.1) is 0 Å². The second-order valence-electron chi connectivity index (χ2n) is 8.20. The van der Waals surface area contributed by atoms with Crippen LogP contribution in [-0.2, 0) is 11.8 Å². The number of allylic oxidation sites excluding steroid dienone is 1. The van der Waals surface area contributed by atoms with Crippen LogP contribution in [0.25, 0.3) is 17.2 Å². The number of hydrogen-bond donors (Lipinski definition) is 0. The molecule has 0 aromatic heterocycles. The maximum atomic E-state index is 2.43. The molecular weight excluding hydrogens is 276 g/mol. The highest BCUT2D eigenvalue weighted by molar-refractivity contribution is 5.82. The Labute approximate surface area is 141 Å². The van der Waals surface area contributed by atoms with E-state index in [1.165, 1.54) is 33.4 Å². The molecule has 0 saturated carbocycles. The molecule has 0 fully saturated rings. The van der Waals surface area contributed by atoms with Gasteiger partial charge in [-0.1, -0.05) is 82.7 Å². The van der Waals surface area contributed by atoms with Crippen LogP contribution in [0.1, 0.15) is 56.9 Å². The minimum absolute atomic E-state index is 0.207. The van der Waals surface area contributed by atoms with Crippen molar-refractivity contribution >= 4 is 6.08 Å². The predicted molar refractivity (Wildman–Crippen MR) is 102 cm³/mol. The Balaban J connectivity index is 2.07. The molecule has 0 amide bonds. The summed E-state index contributed by atoms with van der Waals surface area (Å²) in [5, 5.41) is 0. The van der Waals surface area contributed by atoms with Gasteiger partial charge in [-0.3, -0.25) is 0 Å². The molecule has 0 radical (unpaired) electrons. The normalized spacial score (nSPS) is 14.1. The van der Waals surface area contributed by atoms with Crippen molar-refractivity contribution in [3.05, 3.63) is 64.2 Å². The monoisotopic (exact) mass is 304 g/mol. The summed E-state index contributed by atoms with van der Waals surface area (Å²) in [6.45, 7) is 13.6. The third kappa shape index (κ3) is 3.00. The minimum Gasteiger partial charge on any atom is -0.0626 e. The van der Waals surface area contributed by atoms with Gasteiger partial charge in [0.1, 0.15) is 0 Å². The molecule has 0 N–H and O–H groups in total. The van der Waals surface area contributed by atoms with Crippen molar-refractivity contribution in [3.8, 4) is 11.1 Å². The first kappa shape index (κ1) is 16.1. The van der Waals surface area contributed by atoms with Gasteiger partial charge in [-0.05, 0) is 58.1 Å². The van der Waals surface area contributed by atoms with Gasteiger partial charge in [-0.25, -0.2) is 0 Å². The summed E-state index contributed by atoms with van der Waals surface area (Å²) in [5.41, 5.74) is 10.2. The summed E-state index contributed by atoms with van der Waals surface area (Å²) >= 11 is 0. The van der Waals surface area contributed by atoms with Gasteiger partial charge in [0.2, 0.25) is 0 Å². The molecule has 0 nitrogen and oxygen atoms in total. The van der Waals surface area contributed by atoms with Gasteiger partial charge in [0, 0.05) is 0 Å². The lowest BCUT2D eigenvalue weighted by Gasteiger charge is -2.19. The lowest BCUT2D eigenvalue weighted by Crippen LogP contribution is -2.10. The van der Waals surface area contributed by atoms with Crippen LogP contribution in [0.5, 0.6) is 0 Å². The van der Waals surface area contributed by atoms with Crippen LogP contribution in [0, 0.1) is 12.8 Å². The van der Waals surface area contributed by atoms with Crippen LogP contribution in [-0.4, -0.2) is 0 Å². The molecule has 2 aromatic carbocycles. The Morgan fingerprint density at radius 1 is 0.913 bits per heavy atom. The van der Waals surface area contributed by atoms with Gasteiger partial charge in [-0.2, -0.15) is 0 Å². The summed E-state index contributed by atoms with van der Waals surface area (Å²) < 4.78 is 0. The first-order chi connectivity index (χ1) is 10.8. The Hall–Kier alpha value is -1.82. The van der Waals surface area contributed by atoms with Gasteiger partial charge in [0.15, 0.2) is 0 Å². The van der Waals surface area contributed by atoms with Crippen molar-refractivity contribution in [2.24, 2.45) is 5.92 Å². The molecule has 0 unspecified atom stereocenters. The third-order valence-corrected chi connectivity index (χ3v) is 5.11. The van der Waals surface area contributed by atoms with Gasteiger partial charge in [-0.15, -0.1) is 0 Å². The van der Waals surface area contributed by atoms with E-state index in [-0.39, 0.29) is 5.41 Å². The number of aryl methyl sites for hydroxylation is 1. The number of rotatable bonds is 2. The Bertz CT molecular complexity index is 750. The lowest BCUT2D eigenvalue weighted by molar-refractivity contribution is 0.590. The van der Waals surface area contributed by atoms with Crippen molar-refractivity contribution in [1.82, 2.24) is 0 Å². The summed E-state index contributed by atoms with van der Waals surface area (Å²) in [6, 6.07) is 13.7. The summed E-state index contributed by atoms with van der Waals surface area (Å²) in [5.74, 6) is 0.623. The Kier molecular flexibility index (Phi) is 3.96. The minimum atomic E-state index is 0.207. The molecule has 0 bridgehead atoms. The molecular formula is C23H28. The molecule has 0 atom stereocenters. The topological polar surface area (TPSA) is 0 Å². The average Bonchev–Trinajstić information content (AvgIpc) is 2.93. The van der Waals surface area contributed by atoms with Crippen molar-refractivity contribution < 1.29 is 0 Å². The lowest BCUT2D eigenvalue weighted by atomic mass is 9.85. The van der Waals surface area contributed by atoms with Crippen molar-refractivity contribution in [1.29, 1.82) is 0 Å². The van der Waals surface area contributed by atoms with Crippen LogP contribution >= 0.6 is 0 Å². The summed E-state index contributed by atoms with van der Waals surface area (Å²) in [4.78, 5) is 0. The van der Waals surface area contributed by atoms with Crippen LogP contribution < -0.4 is 0 Å². The van der Waals surface area contributed by atoms with E-state index >= 15 is 0 Å². The van der Waals surface area contributed by atoms with Crippen molar-refractivity contribution in [2.45, 2.75) is 53.4 Å². The van der Waals surface area contributed by atoms with Crippen LogP contribution in [0.3, 0.4) is 0 Å². The van der Waals surface area contributed by atoms with Crippen molar-refractivity contribution in [2.75, 3.05) is 0 Å². The van der Waals surface area contributed by atoms with E-state index in [1.807, 2.05) is 0 Å². The molecule has 3 rings (SSSR count). The smallest absolute Gasteiger partial charge is 0.00524 e. The standard InChI is InChI=1S/C23H28/c1-15(2)18-13-21-16(3)7-12-20(22(21)14-18)17-8-10-19(11-9-17)23(4,5)6/h7-12,14-15H,13H2,1-6H3. The zero-order chi connectivity index (χ0) is 16.8. The largest absolute Gasteiger partial charge is 0.0626 e. The molecule has 1 aliphatic rings. The van der Waals surface area contributed by atoms with E-state index in [0.29, 0.717) is 5.92 Å². The fourth-order valence-electron chi connectivity index (χ4n) is 3.39. The molecule has 0 saturated heterocycles. The van der Waals surface area contributed by atoms with Gasteiger partial charge >= 0.3 is 0 Å². The molecule has 0 spiro atoms. The highest BCUT2D eigenvalue weighted by atomic mass is 14.2. The fourth-order valence-corrected chi connectivity index (χ4v) is 3.39. The zero-order valence-corrected chi connectivity index (χ0v) is 15.3. The maximum absolute atomic E-state index is 2.43. The first-order valence-corrected chi connectivity index (χ1v) is 8.71. The molecule has 0 aliphatic heterocycles. The van der Waals surface area contributed by atoms with Crippen molar-refractivity contribution in [3.63, 3.8) is 0 Å². The third-order valence-electron chi connectivity index (χ3n) is 5.11. The number of fused-ring (bicyclic) bond motifs is 1. The highest BCUT2D eigenvalue weighted by Gasteiger charge is 2.20. The summed E-state index contributed by atoms with van der Waals surface area (Å²) in [7, 11) is 0. The van der Waals surface area contributed by atoms with E-state index in [0.717, 1.165) is 6.42 Å². The van der Waals surface area contributed by atoms with E-state index in [2.05, 4.69) is 84.0 Å². The molecule has 0 heteroatoms. The van der Waals surface area contributed by atoms with E-state index in [1.54, 1.807) is 5.57 Å². The summed E-state index contributed by atoms with van der Waals surface area (Å²) in [6.07, 6.45) is 3.55. The number of benzene rings is 2. The van der Waals surface area contributed by atoms with E-state index in [9.17, 15) is 0 Å². The second kappa shape index (κ2) is 5.67. The zero-order valence-electron chi connectivity index (χ0n) is 15.3. The molecule has 2 aromatic rings. The van der Waals surface area contributed by atoms with E-state index < -0.39 is 0 Å². The Morgan fingerprint density at radius 2 is 1.57 bits per heavy atom. The quantitative estimate of drug-likeness (QED) is 0.589. The van der Waals surface area contributed by atoms with Crippen LogP contribution in [0.4, 0.5) is 0 Å². The van der Waals surface area contributed by atoms with Gasteiger partial charge < -0.3 is 0 Å².